The van der Waals surface area contributed by atoms with Crippen LogP contribution < -0.4 is 0 Å². The molecule has 2 N–H and O–H groups in total. The number of ether oxygens (including phenoxy) is 1. The van der Waals surface area contributed by atoms with Crippen LogP contribution >= 0.6 is 0 Å². The molecule has 0 spiro atoms. The van der Waals surface area contributed by atoms with Crippen LogP contribution in [0.2, 0.25) is 0 Å². The van der Waals surface area contributed by atoms with Gasteiger partial charge in [-0.05, 0) is 32.3 Å². The molecule has 1 amide bonds. The molecule has 2 unspecified atom stereocenters. The van der Waals surface area contributed by atoms with Crippen molar-refractivity contribution in [3.05, 3.63) is 35.9 Å². The van der Waals surface area contributed by atoms with E-state index in [1.54, 1.807) is 13.8 Å². The van der Waals surface area contributed by atoms with Crippen LogP contribution in [0.3, 0.4) is 0 Å². The minimum Gasteiger partial charge on any atom is -0.480 e. The number of hydrogen-bond acceptors (Lipinski definition) is 4. The van der Waals surface area contributed by atoms with Crippen molar-refractivity contribution in [3.63, 3.8) is 0 Å². The van der Waals surface area contributed by atoms with E-state index in [1.807, 2.05) is 30.3 Å². The zero-order valence-electron chi connectivity index (χ0n) is 13.4. The van der Waals surface area contributed by atoms with Gasteiger partial charge in [-0.15, -0.1) is 0 Å². The van der Waals surface area contributed by atoms with Crippen molar-refractivity contribution >= 4 is 12.1 Å². The molecule has 126 valence electrons. The molecule has 1 heterocycles. The fourth-order valence-electron chi connectivity index (χ4n) is 2.69. The van der Waals surface area contributed by atoms with E-state index in [0.717, 1.165) is 16.9 Å². The number of carboxylic acids is 1. The molecule has 6 heteroatoms. The number of amides is 1. The summed E-state index contributed by atoms with van der Waals surface area (Å²) in [7, 11) is 0. The maximum absolute atomic E-state index is 12.3. The molecular weight excluding hydrogens is 298 g/mol. The zero-order valence-corrected chi connectivity index (χ0v) is 13.4. The fraction of sp³-hybridized carbons (Fsp3) is 0.529. The topological polar surface area (TPSA) is 87.1 Å². The molecule has 6 nitrogen and oxygen atoms in total. The van der Waals surface area contributed by atoms with E-state index in [1.165, 1.54) is 0 Å². The Morgan fingerprint density at radius 2 is 1.96 bits per heavy atom. The van der Waals surface area contributed by atoms with E-state index < -0.39 is 29.8 Å². The van der Waals surface area contributed by atoms with Gasteiger partial charge in [-0.1, -0.05) is 30.3 Å². The maximum Gasteiger partial charge on any atom is 0.411 e. The molecule has 0 aromatic heterocycles. The Kier molecular flexibility index (Phi) is 5.26. The Hall–Kier alpha value is -2.08. The van der Waals surface area contributed by atoms with E-state index in [4.69, 9.17) is 9.84 Å². The Labute approximate surface area is 135 Å². The molecule has 2 atom stereocenters. The highest BCUT2D eigenvalue weighted by atomic mass is 16.6. The summed E-state index contributed by atoms with van der Waals surface area (Å²) in [5.41, 5.74) is 0.431. The van der Waals surface area contributed by atoms with Crippen LogP contribution in [0.4, 0.5) is 4.79 Å². The van der Waals surface area contributed by atoms with Gasteiger partial charge in [0.1, 0.15) is 11.6 Å². The highest BCUT2D eigenvalue weighted by Crippen LogP contribution is 2.24. The van der Waals surface area contributed by atoms with Crippen molar-refractivity contribution in [1.82, 2.24) is 4.90 Å². The number of aliphatic hydroxyl groups is 1. The van der Waals surface area contributed by atoms with Gasteiger partial charge < -0.3 is 14.9 Å². The molecule has 0 bridgehead atoms. The van der Waals surface area contributed by atoms with Gasteiger partial charge in [0.2, 0.25) is 0 Å². The predicted octanol–water partition coefficient (Wildman–Crippen LogP) is 2.05. The zero-order chi connectivity index (χ0) is 17.0. The van der Waals surface area contributed by atoms with Crippen molar-refractivity contribution < 1.29 is 24.5 Å². The molecule has 23 heavy (non-hydrogen) atoms. The van der Waals surface area contributed by atoms with Gasteiger partial charge >= 0.3 is 12.1 Å². The molecule has 1 saturated heterocycles. The first-order valence-electron chi connectivity index (χ1n) is 7.73. The average molecular weight is 321 g/mol. The van der Waals surface area contributed by atoms with E-state index in [2.05, 4.69) is 0 Å². The summed E-state index contributed by atoms with van der Waals surface area (Å²) in [4.78, 5) is 24.5. The van der Waals surface area contributed by atoms with Crippen LogP contribution in [0.15, 0.2) is 30.3 Å². The third-order valence-electron chi connectivity index (χ3n) is 4.02. The second-order valence-electron chi connectivity index (χ2n) is 6.51. The summed E-state index contributed by atoms with van der Waals surface area (Å²) in [5.74, 6) is -1.12. The molecule has 0 aliphatic carbocycles. The van der Waals surface area contributed by atoms with Gasteiger partial charge in [-0.25, -0.2) is 9.59 Å². The van der Waals surface area contributed by atoms with Crippen molar-refractivity contribution in [3.8, 4) is 0 Å². The van der Waals surface area contributed by atoms with E-state index in [-0.39, 0.29) is 13.0 Å². The van der Waals surface area contributed by atoms with Crippen molar-refractivity contribution in [2.24, 2.45) is 0 Å². The number of hydrogen-bond donors (Lipinski definition) is 2. The number of carbonyl (C=O) groups excluding carboxylic acids is 1. The maximum atomic E-state index is 12.3. The summed E-state index contributed by atoms with van der Waals surface area (Å²) in [6, 6.07) is 8.85. The second kappa shape index (κ2) is 7.00. The Morgan fingerprint density at radius 1 is 1.30 bits per heavy atom. The minimum atomic E-state index is -1.12. The Balaban J connectivity index is 1.93. The van der Waals surface area contributed by atoms with Crippen LogP contribution in [-0.2, 0) is 16.0 Å². The summed E-state index contributed by atoms with van der Waals surface area (Å²) in [6.07, 6.45) is -0.0965. The summed E-state index contributed by atoms with van der Waals surface area (Å²) < 4.78 is 5.48. The molecule has 1 aliphatic heterocycles. The van der Waals surface area contributed by atoms with Gasteiger partial charge in [0.05, 0.1) is 12.6 Å². The van der Waals surface area contributed by atoms with Gasteiger partial charge in [0.15, 0.2) is 0 Å². The molecule has 1 aromatic rings. The van der Waals surface area contributed by atoms with Crippen LogP contribution in [0.25, 0.3) is 0 Å². The van der Waals surface area contributed by atoms with Crippen molar-refractivity contribution in [1.29, 1.82) is 0 Å². The van der Waals surface area contributed by atoms with Gasteiger partial charge in [0, 0.05) is 6.42 Å². The molecule has 2 rings (SSSR count). The number of carboxylic acid groups (broad SMARTS) is 1. The van der Waals surface area contributed by atoms with E-state index >= 15 is 0 Å². The first-order valence-corrected chi connectivity index (χ1v) is 7.73. The smallest absolute Gasteiger partial charge is 0.411 e. The highest BCUT2D eigenvalue weighted by Gasteiger charge is 2.41. The normalized spacial score (nSPS) is 21.3. The lowest BCUT2D eigenvalue weighted by molar-refractivity contribution is -0.142. The Morgan fingerprint density at radius 3 is 2.57 bits per heavy atom. The molecular formula is C17H23NO5. The molecule has 1 aromatic carbocycles. The number of benzene rings is 1. The van der Waals surface area contributed by atoms with Gasteiger partial charge in [-0.2, -0.15) is 0 Å². The van der Waals surface area contributed by atoms with Gasteiger partial charge in [0.25, 0.3) is 0 Å². The van der Waals surface area contributed by atoms with E-state index in [9.17, 15) is 14.7 Å². The number of aliphatic hydroxyl groups excluding tert-OH is 1. The standard InChI is InChI=1S/C17H23NO5/c1-17(2,9-8-12-6-4-3-5-7-12)23-16(22)18-11-13(19)10-14(18)15(20)21/h3-7,13-14,19H,8-11H2,1-2H3,(H,20,21). The van der Waals surface area contributed by atoms with Crippen LogP contribution in [-0.4, -0.2) is 51.5 Å². The first-order chi connectivity index (χ1) is 10.8. The molecule has 1 aliphatic rings. The van der Waals surface area contributed by atoms with Crippen LogP contribution in [0.5, 0.6) is 0 Å². The predicted molar refractivity (Wildman–Crippen MR) is 84.1 cm³/mol. The first kappa shape index (κ1) is 17.3. The monoisotopic (exact) mass is 321 g/mol. The van der Waals surface area contributed by atoms with Crippen LogP contribution in [0.1, 0.15) is 32.3 Å². The summed E-state index contributed by atoms with van der Waals surface area (Å²) in [6.45, 7) is 3.59. The SMILES string of the molecule is CC(C)(CCc1ccccc1)OC(=O)N1CC(O)CC1C(=O)O. The highest BCUT2D eigenvalue weighted by molar-refractivity contribution is 5.81. The minimum absolute atomic E-state index is 0.00936. The number of rotatable bonds is 5. The van der Waals surface area contributed by atoms with Crippen LogP contribution in [0, 0.1) is 0 Å². The fourth-order valence-corrected chi connectivity index (χ4v) is 2.69. The average Bonchev–Trinajstić information content (AvgIpc) is 2.88. The Bertz CT molecular complexity index is 557. The third-order valence-corrected chi connectivity index (χ3v) is 4.02. The number of nitrogens with zero attached hydrogens (tertiary/aromatic N) is 1. The van der Waals surface area contributed by atoms with Crippen molar-refractivity contribution in [2.75, 3.05) is 6.54 Å². The second-order valence-corrected chi connectivity index (χ2v) is 6.51. The lowest BCUT2D eigenvalue weighted by Crippen LogP contribution is -2.44. The number of carbonyl (C=O) groups is 2. The molecule has 1 fully saturated rings. The lowest BCUT2D eigenvalue weighted by Gasteiger charge is -2.29. The summed E-state index contributed by atoms with van der Waals surface area (Å²) in [5, 5.41) is 18.7. The van der Waals surface area contributed by atoms with Gasteiger partial charge in [-0.3, -0.25) is 4.90 Å². The quantitative estimate of drug-likeness (QED) is 0.867. The van der Waals surface area contributed by atoms with Crippen molar-refractivity contribution in [2.45, 2.75) is 50.9 Å². The largest absolute Gasteiger partial charge is 0.480 e. The summed E-state index contributed by atoms with van der Waals surface area (Å²) >= 11 is 0. The molecule has 0 radical (unpaired) electrons. The lowest BCUT2D eigenvalue weighted by atomic mass is 9.98. The number of likely N-dealkylation sites (tertiary alicyclic amines) is 1. The molecule has 0 saturated carbocycles. The third kappa shape index (κ3) is 4.69. The number of β-amino-alcohol motifs (C(OH)–C–C–N with tert-alkyl or cyclic N) is 1. The van der Waals surface area contributed by atoms with E-state index in [0.29, 0.717) is 6.42 Å². The number of aryl methyl sites for hydroxylation is 1. The number of aliphatic carboxylic acids is 1.